The van der Waals surface area contributed by atoms with E-state index in [9.17, 15) is 4.79 Å². The molecule has 0 spiro atoms. The van der Waals surface area contributed by atoms with Gasteiger partial charge in [0.05, 0.1) is 0 Å². The van der Waals surface area contributed by atoms with Crippen LogP contribution in [0.3, 0.4) is 0 Å². The van der Waals surface area contributed by atoms with Crippen molar-refractivity contribution in [2.45, 2.75) is 52.9 Å². The number of carbonyl (C=O) groups excluding carboxylic acids is 1. The quantitative estimate of drug-likeness (QED) is 0.534. The van der Waals surface area contributed by atoms with Crippen molar-refractivity contribution in [1.29, 1.82) is 0 Å². The summed E-state index contributed by atoms with van der Waals surface area (Å²) in [6.07, 6.45) is 5.09. The van der Waals surface area contributed by atoms with Gasteiger partial charge in [-0.1, -0.05) is 13.8 Å². The smallest absolute Gasteiger partial charge is 0.129 e. The van der Waals surface area contributed by atoms with Gasteiger partial charge in [0.1, 0.15) is 5.78 Å². The van der Waals surface area contributed by atoms with Gasteiger partial charge >= 0.3 is 0 Å². The Morgan fingerprint density at radius 1 is 1.14 bits per heavy atom. The first-order valence-electron chi connectivity index (χ1n) is 5.70. The molecular weight excluding hydrogens is 176 g/mol. The van der Waals surface area contributed by atoms with Crippen LogP contribution in [-0.2, 0) is 9.53 Å². The molecule has 14 heavy (non-hydrogen) atoms. The summed E-state index contributed by atoms with van der Waals surface area (Å²) in [5.74, 6) is 1.06. The zero-order chi connectivity index (χ0) is 10.8. The topological polar surface area (TPSA) is 26.3 Å². The second-order valence-corrected chi connectivity index (χ2v) is 4.31. The standard InChI is InChI=1S/C12H24O2/c1-11(2)7-6-10-14-9-5-4-8-12(3)13/h11H,4-10H2,1-3H3. The third kappa shape index (κ3) is 11.6. The SMILES string of the molecule is CC(=O)CCCCOCCCC(C)C. The van der Waals surface area contributed by atoms with Gasteiger partial charge in [0.25, 0.3) is 0 Å². The van der Waals surface area contributed by atoms with Crippen LogP contribution < -0.4 is 0 Å². The molecule has 0 bridgehead atoms. The van der Waals surface area contributed by atoms with E-state index in [-0.39, 0.29) is 5.78 Å². The molecule has 0 saturated heterocycles. The molecule has 2 heteroatoms. The Morgan fingerprint density at radius 2 is 1.79 bits per heavy atom. The van der Waals surface area contributed by atoms with Crippen molar-refractivity contribution in [3.8, 4) is 0 Å². The monoisotopic (exact) mass is 200 g/mol. The summed E-state index contributed by atoms with van der Waals surface area (Å²) in [5, 5.41) is 0. The van der Waals surface area contributed by atoms with E-state index in [0.29, 0.717) is 6.42 Å². The zero-order valence-electron chi connectivity index (χ0n) is 9.84. The van der Waals surface area contributed by atoms with E-state index in [1.54, 1.807) is 6.92 Å². The highest BCUT2D eigenvalue weighted by Crippen LogP contribution is 2.03. The van der Waals surface area contributed by atoms with Crippen molar-refractivity contribution in [2.75, 3.05) is 13.2 Å². The van der Waals surface area contributed by atoms with Crippen LogP contribution in [0.4, 0.5) is 0 Å². The molecule has 0 aliphatic heterocycles. The van der Waals surface area contributed by atoms with Crippen molar-refractivity contribution in [1.82, 2.24) is 0 Å². The first-order chi connectivity index (χ1) is 6.63. The summed E-state index contributed by atoms with van der Waals surface area (Å²) in [7, 11) is 0. The number of rotatable bonds is 9. The highest BCUT2D eigenvalue weighted by molar-refractivity contribution is 5.75. The molecule has 84 valence electrons. The number of hydrogen-bond donors (Lipinski definition) is 0. The van der Waals surface area contributed by atoms with E-state index in [4.69, 9.17) is 4.74 Å². The molecule has 0 aliphatic carbocycles. The Morgan fingerprint density at radius 3 is 2.36 bits per heavy atom. The Bertz CT molecular complexity index is 141. The lowest BCUT2D eigenvalue weighted by Gasteiger charge is -2.05. The van der Waals surface area contributed by atoms with E-state index >= 15 is 0 Å². The number of ketones is 1. The van der Waals surface area contributed by atoms with Gasteiger partial charge in [-0.25, -0.2) is 0 Å². The number of hydrogen-bond acceptors (Lipinski definition) is 2. The lowest BCUT2D eigenvalue weighted by atomic mass is 10.1. The molecule has 0 aromatic heterocycles. The molecule has 2 nitrogen and oxygen atoms in total. The molecule has 0 rings (SSSR count). The number of carbonyl (C=O) groups is 1. The molecule has 0 atom stereocenters. The summed E-state index contributed by atoms with van der Waals surface area (Å²) in [6.45, 7) is 7.78. The molecule has 0 aromatic carbocycles. The highest BCUT2D eigenvalue weighted by Gasteiger charge is 1.95. The van der Waals surface area contributed by atoms with Crippen LogP contribution in [0.2, 0.25) is 0 Å². The first kappa shape index (κ1) is 13.6. The molecular formula is C12H24O2. The molecule has 0 unspecified atom stereocenters. The molecule has 0 heterocycles. The lowest BCUT2D eigenvalue weighted by Crippen LogP contribution is -2.00. The number of unbranched alkanes of at least 4 members (excludes halogenated alkanes) is 1. The summed E-state index contributed by atoms with van der Waals surface area (Å²) >= 11 is 0. The van der Waals surface area contributed by atoms with Gasteiger partial charge in [0.15, 0.2) is 0 Å². The summed E-state index contributed by atoms with van der Waals surface area (Å²) in [4.78, 5) is 10.6. The molecule has 0 saturated carbocycles. The van der Waals surface area contributed by atoms with Gasteiger partial charge < -0.3 is 9.53 Å². The Balaban J connectivity index is 2.96. The van der Waals surface area contributed by atoms with Gasteiger partial charge in [-0.15, -0.1) is 0 Å². The minimum atomic E-state index is 0.282. The van der Waals surface area contributed by atoms with E-state index in [1.807, 2.05) is 0 Å². The Labute approximate surface area is 88.0 Å². The zero-order valence-corrected chi connectivity index (χ0v) is 9.84. The second-order valence-electron chi connectivity index (χ2n) is 4.31. The molecule has 0 N–H and O–H groups in total. The van der Waals surface area contributed by atoms with Crippen molar-refractivity contribution < 1.29 is 9.53 Å². The van der Waals surface area contributed by atoms with Crippen LogP contribution in [0, 0.1) is 5.92 Å². The summed E-state index contributed by atoms with van der Waals surface area (Å²) in [5.41, 5.74) is 0. The van der Waals surface area contributed by atoms with Gasteiger partial charge in [0.2, 0.25) is 0 Å². The number of ether oxygens (including phenoxy) is 1. The highest BCUT2D eigenvalue weighted by atomic mass is 16.5. The van der Waals surface area contributed by atoms with Crippen LogP contribution >= 0.6 is 0 Å². The van der Waals surface area contributed by atoms with Gasteiger partial charge in [-0.05, 0) is 38.5 Å². The molecule has 0 amide bonds. The van der Waals surface area contributed by atoms with E-state index < -0.39 is 0 Å². The minimum absolute atomic E-state index is 0.282. The maximum atomic E-state index is 10.6. The second kappa shape index (κ2) is 9.20. The molecule has 0 radical (unpaired) electrons. The number of Topliss-reactive ketones (excluding diaryl/α,β-unsaturated/α-hetero) is 1. The molecule has 0 aliphatic rings. The van der Waals surface area contributed by atoms with Crippen LogP contribution in [-0.4, -0.2) is 19.0 Å². The fourth-order valence-electron chi connectivity index (χ4n) is 1.27. The Hall–Kier alpha value is -0.370. The largest absolute Gasteiger partial charge is 0.381 e. The van der Waals surface area contributed by atoms with Gasteiger partial charge in [-0.2, -0.15) is 0 Å². The minimum Gasteiger partial charge on any atom is -0.381 e. The van der Waals surface area contributed by atoms with Crippen LogP contribution in [0.15, 0.2) is 0 Å². The summed E-state index contributed by atoms with van der Waals surface area (Å²) in [6, 6.07) is 0. The Kier molecular flexibility index (Phi) is 8.95. The van der Waals surface area contributed by atoms with Crippen molar-refractivity contribution >= 4 is 5.78 Å². The fraction of sp³-hybridized carbons (Fsp3) is 0.917. The molecule has 0 aromatic rings. The van der Waals surface area contributed by atoms with Crippen molar-refractivity contribution in [2.24, 2.45) is 5.92 Å². The van der Waals surface area contributed by atoms with Crippen LogP contribution in [0.1, 0.15) is 52.9 Å². The van der Waals surface area contributed by atoms with Gasteiger partial charge in [-0.3, -0.25) is 0 Å². The van der Waals surface area contributed by atoms with Gasteiger partial charge in [0, 0.05) is 19.6 Å². The summed E-state index contributed by atoms with van der Waals surface area (Å²) < 4.78 is 5.45. The van der Waals surface area contributed by atoms with Crippen molar-refractivity contribution in [3.05, 3.63) is 0 Å². The van der Waals surface area contributed by atoms with Crippen LogP contribution in [0.25, 0.3) is 0 Å². The van der Waals surface area contributed by atoms with E-state index in [2.05, 4.69) is 13.8 Å². The van der Waals surface area contributed by atoms with E-state index in [1.165, 1.54) is 6.42 Å². The van der Waals surface area contributed by atoms with E-state index in [0.717, 1.165) is 38.4 Å². The average Bonchev–Trinajstić information content (AvgIpc) is 2.08. The third-order valence-corrected chi connectivity index (χ3v) is 2.14. The maximum absolute atomic E-state index is 10.6. The third-order valence-electron chi connectivity index (χ3n) is 2.14. The van der Waals surface area contributed by atoms with Crippen molar-refractivity contribution in [3.63, 3.8) is 0 Å². The predicted molar refractivity (Wildman–Crippen MR) is 59.4 cm³/mol. The normalized spacial score (nSPS) is 10.9. The average molecular weight is 200 g/mol. The van der Waals surface area contributed by atoms with Crippen LogP contribution in [0.5, 0.6) is 0 Å². The molecule has 0 fully saturated rings. The first-order valence-corrected chi connectivity index (χ1v) is 5.70. The maximum Gasteiger partial charge on any atom is 0.129 e. The lowest BCUT2D eigenvalue weighted by molar-refractivity contribution is -0.117. The fourth-order valence-corrected chi connectivity index (χ4v) is 1.27. The predicted octanol–water partition coefficient (Wildman–Crippen LogP) is 3.20.